The van der Waals surface area contributed by atoms with Crippen molar-refractivity contribution in [2.75, 3.05) is 0 Å². The number of rotatable bonds is 0. The lowest BCUT2D eigenvalue weighted by atomic mass is 10.1. The maximum Gasteiger partial charge on any atom is 0.0590 e. The lowest BCUT2D eigenvalue weighted by Gasteiger charge is -2.01. The predicted molar refractivity (Wildman–Crippen MR) is 189 cm³/mol. The predicted octanol–water partition coefficient (Wildman–Crippen LogP) is 9.95. The molecular weight excluding hydrogens is 536 g/mol. The van der Waals surface area contributed by atoms with Crippen molar-refractivity contribution in [1.29, 1.82) is 0 Å². The maximum absolute atomic E-state index is 2.33. The van der Waals surface area contributed by atoms with Gasteiger partial charge in [0.25, 0.3) is 0 Å². The van der Waals surface area contributed by atoms with Crippen molar-refractivity contribution >= 4 is 87.2 Å². The molecule has 10 rings (SSSR count). The molecule has 212 valence electrons. The van der Waals surface area contributed by atoms with E-state index in [0.717, 1.165) is 0 Å². The first kappa shape index (κ1) is 25.1. The van der Waals surface area contributed by atoms with Gasteiger partial charge in [-0.15, -0.1) is 0 Å². The van der Waals surface area contributed by atoms with E-state index in [2.05, 4.69) is 168 Å². The lowest BCUT2D eigenvalue weighted by molar-refractivity contribution is 1.01. The van der Waals surface area contributed by atoms with Crippen LogP contribution >= 0.6 is 0 Å². The molecule has 4 heterocycles. The molecule has 4 nitrogen and oxygen atoms in total. The first-order chi connectivity index (χ1) is 21.5. The summed E-state index contributed by atoms with van der Waals surface area (Å²) >= 11 is 0. The summed E-state index contributed by atoms with van der Waals surface area (Å²) in [6.45, 7) is 0. The summed E-state index contributed by atoms with van der Waals surface area (Å²) in [6.07, 6.45) is 0. The first-order valence-corrected chi connectivity index (χ1v) is 15.2. The molecule has 10 aromatic rings. The topological polar surface area (TPSA) is 19.7 Å². The monoisotopic (exact) mass is 568 g/mol. The fraction of sp³-hybridized carbons (Fsp3) is 0.100. The Balaban J connectivity index is 0.000000123. The molecule has 0 saturated carbocycles. The van der Waals surface area contributed by atoms with Gasteiger partial charge in [-0.1, -0.05) is 78.9 Å². The van der Waals surface area contributed by atoms with Crippen molar-refractivity contribution in [1.82, 2.24) is 18.3 Å². The van der Waals surface area contributed by atoms with E-state index < -0.39 is 0 Å². The van der Waals surface area contributed by atoms with Gasteiger partial charge in [-0.25, -0.2) is 0 Å². The van der Waals surface area contributed by atoms with Gasteiger partial charge in [0.1, 0.15) is 0 Å². The second kappa shape index (κ2) is 9.01. The van der Waals surface area contributed by atoms with Crippen LogP contribution in [0, 0.1) is 0 Å². The highest BCUT2D eigenvalue weighted by atomic mass is 15.0. The summed E-state index contributed by atoms with van der Waals surface area (Å²) in [6, 6.07) is 43.7. The Morgan fingerprint density at radius 1 is 0.273 bits per heavy atom. The van der Waals surface area contributed by atoms with Gasteiger partial charge in [0, 0.05) is 104 Å². The van der Waals surface area contributed by atoms with Gasteiger partial charge in [0.05, 0.1) is 11.0 Å². The van der Waals surface area contributed by atoms with E-state index in [9.17, 15) is 0 Å². The Hall–Kier alpha value is -5.48. The molecule has 6 aromatic carbocycles. The highest BCUT2D eigenvalue weighted by Crippen LogP contribution is 2.40. The molecule has 4 heteroatoms. The Kier molecular flexibility index (Phi) is 5.13. The molecular formula is C40H32N4. The average Bonchev–Trinajstić information content (AvgIpc) is 3.74. The molecule has 0 radical (unpaired) electrons. The summed E-state index contributed by atoms with van der Waals surface area (Å²) in [5.74, 6) is 0. The molecule has 0 aliphatic carbocycles. The zero-order chi connectivity index (χ0) is 29.7. The van der Waals surface area contributed by atoms with Crippen molar-refractivity contribution in [2.24, 2.45) is 28.2 Å². The maximum atomic E-state index is 2.33. The zero-order valence-corrected chi connectivity index (χ0v) is 25.3. The third kappa shape index (κ3) is 3.17. The van der Waals surface area contributed by atoms with Crippen molar-refractivity contribution in [2.45, 2.75) is 0 Å². The van der Waals surface area contributed by atoms with Crippen molar-refractivity contribution < 1.29 is 0 Å². The molecule has 0 bridgehead atoms. The third-order valence-electron chi connectivity index (χ3n) is 9.90. The van der Waals surface area contributed by atoms with Crippen molar-refractivity contribution in [3.63, 3.8) is 0 Å². The molecule has 0 spiro atoms. The highest BCUT2D eigenvalue weighted by molar-refractivity contribution is 6.28. The molecule has 0 aliphatic rings. The number of hydrogen-bond acceptors (Lipinski definition) is 0. The van der Waals surface area contributed by atoms with Gasteiger partial charge in [0.2, 0.25) is 0 Å². The van der Waals surface area contributed by atoms with Gasteiger partial charge in [0.15, 0.2) is 0 Å². The molecule has 0 unspecified atom stereocenters. The van der Waals surface area contributed by atoms with Crippen LogP contribution in [0.3, 0.4) is 0 Å². The third-order valence-corrected chi connectivity index (χ3v) is 9.90. The largest absolute Gasteiger partial charge is 0.344 e. The Labute approximate surface area is 254 Å². The first-order valence-electron chi connectivity index (χ1n) is 15.2. The van der Waals surface area contributed by atoms with Crippen LogP contribution in [0.1, 0.15) is 0 Å². The van der Waals surface area contributed by atoms with Gasteiger partial charge in [-0.05, 0) is 42.5 Å². The number of benzene rings is 6. The lowest BCUT2D eigenvalue weighted by Crippen LogP contribution is -1.88. The normalized spacial score (nSPS) is 12.1. The molecule has 4 aromatic heterocycles. The molecule has 0 atom stereocenters. The van der Waals surface area contributed by atoms with Crippen LogP contribution in [0.4, 0.5) is 0 Å². The molecule has 0 N–H and O–H groups in total. The second-order valence-electron chi connectivity index (χ2n) is 12.0. The molecule has 0 aliphatic heterocycles. The van der Waals surface area contributed by atoms with Crippen LogP contribution in [-0.4, -0.2) is 18.3 Å². The van der Waals surface area contributed by atoms with Crippen LogP contribution in [-0.2, 0) is 28.2 Å². The van der Waals surface area contributed by atoms with Crippen LogP contribution in [0.15, 0.2) is 121 Å². The quantitative estimate of drug-likeness (QED) is 0.173. The van der Waals surface area contributed by atoms with Crippen LogP contribution in [0.25, 0.3) is 87.2 Å². The molecule has 0 fully saturated rings. The second-order valence-corrected chi connectivity index (χ2v) is 12.0. The SMILES string of the molecule is Cn1c2ccccc2c2c1ccc1c3ccccc3n(C)c12.Cn1c2ccccc2c2c3c4ccccc4n(C)c3ccc21. The minimum Gasteiger partial charge on any atom is -0.344 e. The van der Waals surface area contributed by atoms with Crippen LogP contribution < -0.4 is 0 Å². The highest BCUT2D eigenvalue weighted by Gasteiger charge is 2.17. The number of aryl methyl sites for hydroxylation is 4. The van der Waals surface area contributed by atoms with Crippen molar-refractivity contribution in [3.05, 3.63) is 121 Å². The number of hydrogen-bond donors (Lipinski definition) is 0. The average molecular weight is 569 g/mol. The van der Waals surface area contributed by atoms with Crippen LogP contribution in [0.2, 0.25) is 0 Å². The Morgan fingerprint density at radius 2 is 0.614 bits per heavy atom. The summed E-state index contributed by atoms with van der Waals surface area (Å²) in [4.78, 5) is 0. The molecule has 0 amide bonds. The standard InChI is InChI=1S/2C20H16N2/c1-21-17-10-6-4-8-15(17)19-18(21)12-11-14-13-7-3-5-9-16(13)22(2)20(14)19;1-21-15-9-5-3-7-13(15)19-17(21)11-12-18-20(19)14-8-4-6-10-16(14)22(18)2/h2*3-12H,1-2H3. The minimum absolute atomic E-state index is 1.29. The number of nitrogens with zero attached hydrogens (tertiary/aromatic N) is 4. The van der Waals surface area contributed by atoms with Crippen molar-refractivity contribution in [3.8, 4) is 0 Å². The van der Waals surface area contributed by atoms with E-state index >= 15 is 0 Å². The molecule has 44 heavy (non-hydrogen) atoms. The zero-order valence-electron chi connectivity index (χ0n) is 25.3. The van der Waals surface area contributed by atoms with Gasteiger partial charge in [-0.2, -0.15) is 0 Å². The van der Waals surface area contributed by atoms with Crippen LogP contribution in [0.5, 0.6) is 0 Å². The van der Waals surface area contributed by atoms with E-state index in [1.807, 2.05) is 0 Å². The fourth-order valence-corrected chi connectivity index (χ4v) is 7.81. The van der Waals surface area contributed by atoms with E-state index in [1.54, 1.807) is 0 Å². The van der Waals surface area contributed by atoms with E-state index in [-0.39, 0.29) is 0 Å². The molecule has 0 saturated heterocycles. The van der Waals surface area contributed by atoms with E-state index in [1.165, 1.54) is 87.2 Å². The Bertz CT molecular complexity index is 2660. The fourth-order valence-electron chi connectivity index (χ4n) is 7.81. The summed E-state index contributed by atoms with van der Waals surface area (Å²) in [5, 5.41) is 10.8. The minimum atomic E-state index is 1.29. The van der Waals surface area contributed by atoms with Gasteiger partial charge in [-0.3, -0.25) is 0 Å². The smallest absolute Gasteiger partial charge is 0.0590 e. The summed E-state index contributed by atoms with van der Waals surface area (Å²) < 4.78 is 9.22. The summed E-state index contributed by atoms with van der Waals surface area (Å²) in [7, 11) is 8.63. The number of para-hydroxylation sites is 4. The van der Waals surface area contributed by atoms with Gasteiger partial charge < -0.3 is 18.3 Å². The number of aromatic nitrogens is 4. The number of fused-ring (bicyclic) bond motifs is 14. The van der Waals surface area contributed by atoms with E-state index in [0.29, 0.717) is 0 Å². The van der Waals surface area contributed by atoms with Gasteiger partial charge >= 0.3 is 0 Å². The summed E-state index contributed by atoms with van der Waals surface area (Å²) in [5.41, 5.74) is 10.4. The van der Waals surface area contributed by atoms with E-state index in [4.69, 9.17) is 0 Å². The Morgan fingerprint density at radius 3 is 1.09 bits per heavy atom.